The van der Waals surface area contributed by atoms with Crippen molar-refractivity contribution < 1.29 is 23.9 Å². The summed E-state index contributed by atoms with van der Waals surface area (Å²) >= 11 is 0. The molecule has 1 unspecified atom stereocenters. The maximum atomic E-state index is 12.8. The lowest BCUT2D eigenvalue weighted by Gasteiger charge is -2.33. The zero-order chi connectivity index (χ0) is 22.6. The molecule has 0 N–H and O–H groups in total. The molecule has 1 aromatic carbocycles. The minimum absolute atomic E-state index is 0.113. The molecule has 1 saturated heterocycles. The van der Waals surface area contributed by atoms with Crippen LogP contribution in [-0.2, 0) is 25.6 Å². The van der Waals surface area contributed by atoms with Gasteiger partial charge in [0.15, 0.2) is 0 Å². The van der Waals surface area contributed by atoms with Gasteiger partial charge in [-0.25, -0.2) is 4.79 Å². The molecule has 7 nitrogen and oxygen atoms in total. The Morgan fingerprint density at radius 3 is 2.39 bits per heavy atom. The van der Waals surface area contributed by atoms with Crippen LogP contribution in [0.4, 0.5) is 4.79 Å². The number of allylic oxidation sites excluding steroid dienone is 1. The molecule has 0 aliphatic carbocycles. The number of rotatable bonds is 3. The Morgan fingerprint density at radius 2 is 1.74 bits per heavy atom. The van der Waals surface area contributed by atoms with Crippen LogP contribution in [0.2, 0.25) is 0 Å². The average molecular weight is 429 g/mol. The molecule has 2 amide bonds. The van der Waals surface area contributed by atoms with Crippen LogP contribution in [0.25, 0.3) is 0 Å². The van der Waals surface area contributed by atoms with Crippen molar-refractivity contribution >= 4 is 18.0 Å². The first kappa shape index (κ1) is 22.8. The van der Waals surface area contributed by atoms with Gasteiger partial charge in [0.2, 0.25) is 5.91 Å². The lowest BCUT2D eigenvalue weighted by atomic mass is 9.89. The lowest BCUT2D eigenvalue weighted by molar-refractivity contribution is -0.144. The minimum Gasteiger partial charge on any atom is -0.468 e. The van der Waals surface area contributed by atoms with Gasteiger partial charge >= 0.3 is 12.1 Å². The molecule has 168 valence electrons. The van der Waals surface area contributed by atoms with Crippen LogP contribution in [0, 0.1) is 5.92 Å². The molecule has 0 saturated carbocycles. The van der Waals surface area contributed by atoms with E-state index in [1.54, 1.807) is 15.9 Å². The van der Waals surface area contributed by atoms with Crippen LogP contribution >= 0.6 is 0 Å². The molecule has 0 radical (unpaired) electrons. The number of carbonyl (C=O) groups is 3. The quantitative estimate of drug-likeness (QED) is 0.544. The summed E-state index contributed by atoms with van der Waals surface area (Å²) in [5.74, 6) is -0.679. The van der Waals surface area contributed by atoms with Crippen molar-refractivity contribution in [3.05, 3.63) is 47.5 Å². The van der Waals surface area contributed by atoms with Gasteiger partial charge in [0.1, 0.15) is 5.60 Å². The van der Waals surface area contributed by atoms with Crippen LogP contribution in [0.1, 0.15) is 50.7 Å². The molecule has 0 spiro atoms. The van der Waals surface area contributed by atoms with E-state index < -0.39 is 11.5 Å². The summed E-state index contributed by atoms with van der Waals surface area (Å²) in [6, 6.07) is 7.68. The van der Waals surface area contributed by atoms with E-state index in [2.05, 4.69) is 0 Å². The number of methoxy groups -OCH3 is 1. The lowest BCUT2D eigenvalue weighted by Crippen LogP contribution is -2.41. The van der Waals surface area contributed by atoms with Crippen molar-refractivity contribution in [2.45, 2.75) is 51.7 Å². The third-order valence-corrected chi connectivity index (χ3v) is 5.69. The second-order valence-electron chi connectivity index (χ2n) is 9.16. The number of benzene rings is 1. The Hall–Kier alpha value is -2.83. The number of esters is 1. The van der Waals surface area contributed by atoms with E-state index in [1.807, 2.05) is 51.1 Å². The predicted octanol–water partition coefficient (Wildman–Crippen LogP) is 3.49. The fraction of sp³-hybridized carbons (Fsp3) is 0.542. The molecule has 1 aromatic rings. The number of carbonyl (C=O) groups excluding carboxylic acids is 3. The van der Waals surface area contributed by atoms with Gasteiger partial charge in [-0.1, -0.05) is 30.3 Å². The molecule has 7 heteroatoms. The van der Waals surface area contributed by atoms with Gasteiger partial charge < -0.3 is 19.3 Å². The zero-order valence-electron chi connectivity index (χ0n) is 18.8. The number of hydrogen-bond donors (Lipinski definition) is 0. The molecule has 31 heavy (non-hydrogen) atoms. The normalized spacial score (nSPS) is 19.8. The number of amides is 2. The predicted molar refractivity (Wildman–Crippen MR) is 116 cm³/mol. The molecule has 3 rings (SSSR count). The van der Waals surface area contributed by atoms with Gasteiger partial charge in [-0.05, 0) is 56.7 Å². The van der Waals surface area contributed by atoms with E-state index in [-0.39, 0.29) is 23.9 Å². The van der Waals surface area contributed by atoms with E-state index in [0.29, 0.717) is 26.2 Å². The van der Waals surface area contributed by atoms with E-state index >= 15 is 0 Å². The molecule has 2 aliphatic rings. The summed E-state index contributed by atoms with van der Waals surface area (Å²) in [6.45, 7) is 7.58. The van der Waals surface area contributed by atoms with Crippen molar-refractivity contribution in [2.24, 2.45) is 5.92 Å². The molecule has 0 aromatic heterocycles. The summed E-state index contributed by atoms with van der Waals surface area (Å²) in [4.78, 5) is 40.7. The van der Waals surface area contributed by atoms with Gasteiger partial charge in [-0.3, -0.25) is 9.59 Å². The zero-order valence-corrected chi connectivity index (χ0v) is 18.8. The third-order valence-electron chi connectivity index (χ3n) is 5.69. The standard InChI is InChI=1S/C24H32N2O5/c1-24(2,3)31-23(29)25-13-11-17(12-14-25)9-10-21(27)26-15-18-7-5-6-8-19(18)20(16-26)22(28)30-4/h5-10,17,20H,11-16H2,1-4H3. The second kappa shape index (κ2) is 9.54. The Bertz CT molecular complexity index is 850. The highest BCUT2D eigenvalue weighted by Gasteiger charge is 2.32. The Labute approximate surface area is 184 Å². The van der Waals surface area contributed by atoms with E-state index in [1.165, 1.54) is 7.11 Å². The number of piperidine rings is 1. The third kappa shape index (κ3) is 5.87. The fourth-order valence-corrected chi connectivity index (χ4v) is 4.04. The number of hydrogen-bond acceptors (Lipinski definition) is 5. The Kier molecular flexibility index (Phi) is 7.03. The fourth-order valence-electron chi connectivity index (χ4n) is 4.04. The number of ether oxygens (including phenoxy) is 2. The summed E-state index contributed by atoms with van der Waals surface area (Å²) in [5.41, 5.74) is 1.39. The van der Waals surface area contributed by atoms with Crippen LogP contribution in [0.3, 0.4) is 0 Å². The first-order valence-electron chi connectivity index (χ1n) is 10.8. The van der Waals surface area contributed by atoms with Crippen molar-refractivity contribution in [1.29, 1.82) is 0 Å². The van der Waals surface area contributed by atoms with E-state index in [0.717, 1.165) is 24.0 Å². The summed E-state index contributed by atoms with van der Waals surface area (Å²) in [5, 5.41) is 0. The van der Waals surface area contributed by atoms with Crippen LogP contribution < -0.4 is 0 Å². The Balaban J connectivity index is 1.57. The molecule has 1 atom stereocenters. The monoisotopic (exact) mass is 428 g/mol. The first-order valence-corrected chi connectivity index (χ1v) is 10.8. The van der Waals surface area contributed by atoms with E-state index in [9.17, 15) is 14.4 Å². The largest absolute Gasteiger partial charge is 0.468 e. The van der Waals surface area contributed by atoms with Gasteiger partial charge in [0.05, 0.1) is 13.0 Å². The molecule has 2 heterocycles. The summed E-state index contributed by atoms with van der Waals surface area (Å²) < 4.78 is 10.4. The molecule has 1 fully saturated rings. The van der Waals surface area contributed by atoms with Gasteiger partial charge in [-0.2, -0.15) is 0 Å². The number of nitrogens with zero attached hydrogens (tertiary/aromatic N) is 2. The van der Waals surface area contributed by atoms with Crippen LogP contribution in [-0.4, -0.2) is 60.1 Å². The van der Waals surface area contributed by atoms with Crippen LogP contribution in [0.5, 0.6) is 0 Å². The number of fused-ring (bicyclic) bond motifs is 1. The highest BCUT2D eigenvalue weighted by Crippen LogP contribution is 2.29. The SMILES string of the molecule is COC(=O)C1CN(C(=O)C=CC2CCN(C(=O)OC(C)(C)C)CC2)Cc2ccccc21. The van der Waals surface area contributed by atoms with Crippen molar-refractivity contribution in [3.8, 4) is 0 Å². The van der Waals surface area contributed by atoms with E-state index in [4.69, 9.17) is 9.47 Å². The van der Waals surface area contributed by atoms with Gasteiger partial charge in [0.25, 0.3) is 0 Å². The molecular weight excluding hydrogens is 396 g/mol. The van der Waals surface area contributed by atoms with Crippen molar-refractivity contribution in [3.63, 3.8) is 0 Å². The Morgan fingerprint density at radius 1 is 1.06 bits per heavy atom. The minimum atomic E-state index is -0.505. The van der Waals surface area contributed by atoms with Crippen LogP contribution in [0.15, 0.2) is 36.4 Å². The maximum Gasteiger partial charge on any atom is 0.410 e. The second-order valence-corrected chi connectivity index (χ2v) is 9.16. The van der Waals surface area contributed by atoms with Gasteiger partial charge in [0, 0.05) is 26.2 Å². The summed E-state index contributed by atoms with van der Waals surface area (Å²) in [7, 11) is 1.37. The molecule has 0 bridgehead atoms. The first-order chi connectivity index (χ1) is 14.7. The highest BCUT2D eigenvalue weighted by molar-refractivity contribution is 5.89. The maximum absolute atomic E-state index is 12.8. The molecular formula is C24H32N2O5. The highest BCUT2D eigenvalue weighted by atomic mass is 16.6. The van der Waals surface area contributed by atoms with Crippen molar-refractivity contribution in [1.82, 2.24) is 9.80 Å². The molecule has 2 aliphatic heterocycles. The van der Waals surface area contributed by atoms with Crippen molar-refractivity contribution in [2.75, 3.05) is 26.7 Å². The summed E-state index contributed by atoms with van der Waals surface area (Å²) in [6.07, 6.45) is 4.83. The average Bonchev–Trinajstić information content (AvgIpc) is 2.75. The van der Waals surface area contributed by atoms with Gasteiger partial charge in [-0.15, -0.1) is 0 Å². The topological polar surface area (TPSA) is 76.2 Å². The number of likely N-dealkylation sites (tertiary alicyclic amines) is 1. The smallest absolute Gasteiger partial charge is 0.410 e.